The van der Waals surface area contributed by atoms with Gasteiger partial charge in [0.15, 0.2) is 0 Å². The van der Waals surface area contributed by atoms with Crippen molar-refractivity contribution in [2.75, 3.05) is 0 Å². The first kappa shape index (κ1) is 11.3. The van der Waals surface area contributed by atoms with Gasteiger partial charge in [-0.15, -0.1) is 0 Å². The van der Waals surface area contributed by atoms with E-state index in [4.69, 9.17) is 0 Å². The van der Waals surface area contributed by atoms with E-state index in [-0.39, 0.29) is 0 Å². The Balaban J connectivity index is 2.63. The van der Waals surface area contributed by atoms with Gasteiger partial charge in [-0.2, -0.15) is 0 Å². The summed E-state index contributed by atoms with van der Waals surface area (Å²) in [7, 11) is 0. The highest BCUT2D eigenvalue weighted by atomic mass is 14.1. The number of hydrogen-bond acceptors (Lipinski definition) is 0. The predicted molar refractivity (Wildman–Crippen MR) is 63.7 cm³/mol. The average Bonchev–Trinajstić information content (AvgIpc) is 2.12. The topological polar surface area (TPSA) is 0 Å². The molecule has 0 heteroatoms. The molecule has 0 aliphatic carbocycles. The number of benzene rings is 1. The lowest BCUT2D eigenvalue weighted by molar-refractivity contribution is 0.522. The van der Waals surface area contributed by atoms with Gasteiger partial charge in [0.05, 0.1) is 0 Å². The molecule has 0 spiro atoms. The third-order valence-electron chi connectivity index (χ3n) is 2.94. The maximum Gasteiger partial charge on any atom is -0.0253 e. The molecule has 14 heavy (non-hydrogen) atoms. The third-order valence-corrected chi connectivity index (χ3v) is 2.94. The zero-order valence-electron chi connectivity index (χ0n) is 9.93. The van der Waals surface area contributed by atoms with Crippen molar-refractivity contribution in [2.24, 2.45) is 5.92 Å². The van der Waals surface area contributed by atoms with Crippen LogP contribution >= 0.6 is 0 Å². The monoisotopic (exact) mass is 190 g/mol. The van der Waals surface area contributed by atoms with Crippen LogP contribution in [-0.2, 0) is 6.42 Å². The van der Waals surface area contributed by atoms with Crippen molar-refractivity contribution < 1.29 is 0 Å². The van der Waals surface area contributed by atoms with E-state index in [9.17, 15) is 0 Å². The molecule has 0 aliphatic heterocycles. The van der Waals surface area contributed by atoms with E-state index >= 15 is 0 Å². The molecule has 0 N–H and O–H groups in total. The van der Waals surface area contributed by atoms with Crippen LogP contribution in [0.4, 0.5) is 0 Å². The van der Waals surface area contributed by atoms with Crippen LogP contribution in [0.15, 0.2) is 18.2 Å². The van der Waals surface area contributed by atoms with Gasteiger partial charge in [-0.3, -0.25) is 0 Å². The number of aryl methyl sites for hydroxylation is 2. The summed E-state index contributed by atoms with van der Waals surface area (Å²) in [4.78, 5) is 0. The molecule has 1 aromatic carbocycles. The molecule has 0 saturated heterocycles. The van der Waals surface area contributed by atoms with Crippen LogP contribution in [0.3, 0.4) is 0 Å². The van der Waals surface area contributed by atoms with E-state index < -0.39 is 0 Å². The minimum Gasteiger partial charge on any atom is -0.0654 e. The van der Waals surface area contributed by atoms with E-state index in [0.717, 1.165) is 5.92 Å². The maximum absolute atomic E-state index is 2.35. The fourth-order valence-corrected chi connectivity index (χ4v) is 1.93. The summed E-state index contributed by atoms with van der Waals surface area (Å²) in [6, 6.07) is 6.85. The van der Waals surface area contributed by atoms with Crippen LogP contribution in [0.2, 0.25) is 0 Å². The third kappa shape index (κ3) is 3.17. The SMILES string of the molecule is CCCC(C)Cc1ccc(C)c(C)c1. The molecular formula is C14H22. The Kier molecular flexibility index (Phi) is 4.19. The van der Waals surface area contributed by atoms with Gasteiger partial charge in [-0.25, -0.2) is 0 Å². The minimum atomic E-state index is 0.821. The molecule has 0 nitrogen and oxygen atoms in total. The molecule has 0 fully saturated rings. The van der Waals surface area contributed by atoms with Crippen molar-refractivity contribution in [1.29, 1.82) is 0 Å². The Bertz CT molecular complexity index is 286. The molecule has 0 aliphatic rings. The van der Waals surface area contributed by atoms with Crippen LogP contribution < -0.4 is 0 Å². The fraction of sp³-hybridized carbons (Fsp3) is 0.571. The summed E-state index contributed by atoms with van der Waals surface area (Å²) in [6.07, 6.45) is 3.87. The first-order valence-electron chi connectivity index (χ1n) is 5.69. The second-order valence-electron chi connectivity index (χ2n) is 4.52. The normalized spacial score (nSPS) is 12.9. The molecule has 0 saturated carbocycles. The predicted octanol–water partition coefficient (Wildman–Crippen LogP) is 4.28. The van der Waals surface area contributed by atoms with Crippen LogP contribution in [0.1, 0.15) is 43.4 Å². The van der Waals surface area contributed by atoms with E-state index in [1.807, 2.05) is 0 Å². The highest BCUT2D eigenvalue weighted by molar-refractivity contribution is 5.30. The average molecular weight is 190 g/mol. The quantitative estimate of drug-likeness (QED) is 0.664. The molecule has 78 valence electrons. The van der Waals surface area contributed by atoms with Crippen molar-refractivity contribution >= 4 is 0 Å². The summed E-state index contributed by atoms with van der Waals surface area (Å²) in [5.41, 5.74) is 4.32. The van der Waals surface area contributed by atoms with Crippen molar-refractivity contribution in [3.63, 3.8) is 0 Å². The molecular weight excluding hydrogens is 168 g/mol. The molecule has 0 radical (unpaired) electrons. The molecule has 1 unspecified atom stereocenters. The second kappa shape index (κ2) is 5.19. The van der Waals surface area contributed by atoms with Crippen LogP contribution in [0.25, 0.3) is 0 Å². The Morgan fingerprint density at radius 1 is 1.14 bits per heavy atom. The highest BCUT2D eigenvalue weighted by Gasteiger charge is 2.03. The molecule has 1 aromatic rings. The van der Waals surface area contributed by atoms with Crippen molar-refractivity contribution in [1.82, 2.24) is 0 Å². The number of hydrogen-bond donors (Lipinski definition) is 0. The largest absolute Gasteiger partial charge is 0.0654 e. The molecule has 0 amide bonds. The van der Waals surface area contributed by atoms with Gasteiger partial charge >= 0.3 is 0 Å². The van der Waals surface area contributed by atoms with E-state index in [1.165, 1.54) is 36.0 Å². The Morgan fingerprint density at radius 2 is 1.86 bits per heavy atom. The smallest absolute Gasteiger partial charge is 0.0253 e. The van der Waals surface area contributed by atoms with E-state index in [2.05, 4.69) is 45.9 Å². The first-order chi connectivity index (χ1) is 6.63. The van der Waals surface area contributed by atoms with Crippen molar-refractivity contribution in [3.8, 4) is 0 Å². The number of rotatable bonds is 4. The van der Waals surface area contributed by atoms with Crippen LogP contribution in [0.5, 0.6) is 0 Å². The molecule has 1 atom stereocenters. The maximum atomic E-state index is 2.35. The second-order valence-corrected chi connectivity index (χ2v) is 4.52. The Labute approximate surface area is 88.4 Å². The molecule has 0 bridgehead atoms. The lowest BCUT2D eigenvalue weighted by Gasteiger charge is -2.11. The van der Waals surface area contributed by atoms with Crippen LogP contribution in [0, 0.1) is 19.8 Å². The van der Waals surface area contributed by atoms with Crippen molar-refractivity contribution in [2.45, 2.75) is 47.0 Å². The van der Waals surface area contributed by atoms with Gasteiger partial charge in [0.1, 0.15) is 0 Å². The Hall–Kier alpha value is -0.780. The molecule has 0 aromatic heterocycles. The lowest BCUT2D eigenvalue weighted by Crippen LogP contribution is -1.99. The van der Waals surface area contributed by atoms with Gasteiger partial charge < -0.3 is 0 Å². The molecule has 1 rings (SSSR count). The zero-order chi connectivity index (χ0) is 10.6. The van der Waals surface area contributed by atoms with Gasteiger partial charge in [-0.1, -0.05) is 44.9 Å². The van der Waals surface area contributed by atoms with E-state index in [1.54, 1.807) is 0 Å². The Morgan fingerprint density at radius 3 is 2.43 bits per heavy atom. The molecule has 0 heterocycles. The van der Waals surface area contributed by atoms with Gasteiger partial charge in [0.2, 0.25) is 0 Å². The summed E-state index contributed by atoms with van der Waals surface area (Å²) in [5, 5.41) is 0. The van der Waals surface area contributed by atoms with Gasteiger partial charge in [0, 0.05) is 0 Å². The lowest BCUT2D eigenvalue weighted by atomic mass is 9.95. The summed E-state index contributed by atoms with van der Waals surface area (Å²) >= 11 is 0. The van der Waals surface area contributed by atoms with Crippen LogP contribution in [-0.4, -0.2) is 0 Å². The zero-order valence-corrected chi connectivity index (χ0v) is 9.93. The van der Waals surface area contributed by atoms with Crippen molar-refractivity contribution in [3.05, 3.63) is 34.9 Å². The summed E-state index contributed by atoms with van der Waals surface area (Å²) < 4.78 is 0. The van der Waals surface area contributed by atoms with Gasteiger partial charge in [0.25, 0.3) is 0 Å². The highest BCUT2D eigenvalue weighted by Crippen LogP contribution is 2.16. The minimum absolute atomic E-state index is 0.821. The van der Waals surface area contributed by atoms with Gasteiger partial charge in [-0.05, 0) is 42.9 Å². The summed E-state index contributed by atoms with van der Waals surface area (Å²) in [6.45, 7) is 8.98. The fourth-order valence-electron chi connectivity index (χ4n) is 1.93. The van der Waals surface area contributed by atoms with E-state index in [0.29, 0.717) is 0 Å². The first-order valence-corrected chi connectivity index (χ1v) is 5.69. The standard InChI is InChI=1S/C14H22/c1-5-6-11(2)9-14-8-7-12(3)13(4)10-14/h7-8,10-11H,5-6,9H2,1-4H3. The summed E-state index contributed by atoms with van der Waals surface area (Å²) in [5.74, 6) is 0.821.